The van der Waals surface area contributed by atoms with Gasteiger partial charge in [-0.15, -0.1) is 11.3 Å². The molecule has 2 aromatic rings. The van der Waals surface area contributed by atoms with E-state index in [4.69, 9.17) is 4.98 Å². The fourth-order valence-corrected chi connectivity index (χ4v) is 3.44. The molecule has 0 aliphatic carbocycles. The van der Waals surface area contributed by atoms with Crippen LogP contribution in [0, 0.1) is 0 Å². The number of benzene rings is 1. The van der Waals surface area contributed by atoms with Gasteiger partial charge in [-0.2, -0.15) is 0 Å². The lowest BCUT2D eigenvalue weighted by atomic mass is 10.1. The Morgan fingerprint density at radius 2 is 1.95 bits per heavy atom. The van der Waals surface area contributed by atoms with Gasteiger partial charge in [-0.3, -0.25) is 4.90 Å². The highest BCUT2D eigenvalue weighted by molar-refractivity contribution is 7.10. The largest absolute Gasteiger partial charge is 0.303 e. The molecule has 1 aliphatic heterocycles. The maximum atomic E-state index is 4.84. The molecular formula is C15H19N3S. The van der Waals surface area contributed by atoms with Gasteiger partial charge in [-0.1, -0.05) is 30.3 Å². The summed E-state index contributed by atoms with van der Waals surface area (Å²) in [4.78, 5) is 9.63. The van der Waals surface area contributed by atoms with Gasteiger partial charge < -0.3 is 4.90 Å². The first-order chi connectivity index (χ1) is 9.24. The van der Waals surface area contributed by atoms with Gasteiger partial charge in [0, 0.05) is 30.6 Å². The third-order valence-electron chi connectivity index (χ3n) is 3.73. The van der Waals surface area contributed by atoms with Crippen LogP contribution in [0.5, 0.6) is 0 Å². The molecule has 0 amide bonds. The Balaban J connectivity index is 1.85. The normalized spacial score (nSPS) is 21.7. The summed E-state index contributed by atoms with van der Waals surface area (Å²) in [5, 5.41) is 3.40. The van der Waals surface area contributed by atoms with E-state index in [0.717, 1.165) is 25.3 Å². The molecule has 1 aromatic carbocycles. The summed E-state index contributed by atoms with van der Waals surface area (Å²) in [5.41, 5.74) is 2.30. The Kier molecular flexibility index (Phi) is 3.64. The molecule has 3 nitrogen and oxygen atoms in total. The average molecular weight is 273 g/mol. The first-order valence-corrected chi connectivity index (χ1v) is 7.51. The van der Waals surface area contributed by atoms with Crippen molar-refractivity contribution < 1.29 is 0 Å². The quantitative estimate of drug-likeness (QED) is 0.838. The van der Waals surface area contributed by atoms with E-state index < -0.39 is 0 Å². The second-order valence-electron chi connectivity index (χ2n) is 5.20. The highest BCUT2D eigenvalue weighted by atomic mass is 32.1. The highest BCUT2D eigenvalue weighted by Gasteiger charge is 2.26. The van der Waals surface area contributed by atoms with Crippen LogP contribution in [0.3, 0.4) is 0 Å². The SMILES string of the molecule is CN1CCN(C)C(c2nc(-c3ccccc3)cs2)C1. The van der Waals surface area contributed by atoms with E-state index in [1.165, 1.54) is 10.6 Å². The molecule has 0 bridgehead atoms. The number of hydrogen-bond donors (Lipinski definition) is 0. The van der Waals surface area contributed by atoms with Crippen LogP contribution < -0.4 is 0 Å². The Morgan fingerprint density at radius 3 is 2.74 bits per heavy atom. The van der Waals surface area contributed by atoms with Crippen molar-refractivity contribution in [3.63, 3.8) is 0 Å². The van der Waals surface area contributed by atoms with Gasteiger partial charge >= 0.3 is 0 Å². The molecule has 3 rings (SSSR count). The van der Waals surface area contributed by atoms with E-state index >= 15 is 0 Å². The topological polar surface area (TPSA) is 19.4 Å². The fourth-order valence-electron chi connectivity index (χ4n) is 2.46. The molecular weight excluding hydrogens is 254 g/mol. The van der Waals surface area contributed by atoms with Crippen LogP contribution >= 0.6 is 11.3 Å². The molecule has 2 heterocycles. The highest BCUT2D eigenvalue weighted by Crippen LogP contribution is 2.29. The molecule has 100 valence electrons. The molecule has 0 N–H and O–H groups in total. The van der Waals surface area contributed by atoms with Crippen molar-refractivity contribution in [2.75, 3.05) is 33.7 Å². The number of nitrogens with zero attached hydrogens (tertiary/aromatic N) is 3. The summed E-state index contributed by atoms with van der Waals surface area (Å²) in [5.74, 6) is 0. The summed E-state index contributed by atoms with van der Waals surface area (Å²) in [6.45, 7) is 3.32. The average Bonchev–Trinajstić information content (AvgIpc) is 2.92. The monoisotopic (exact) mass is 273 g/mol. The predicted molar refractivity (Wildman–Crippen MR) is 80.4 cm³/mol. The van der Waals surface area contributed by atoms with Crippen LogP contribution in [-0.2, 0) is 0 Å². The van der Waals surface area contributed by atoms with Crippen LogP contribution in [0.1, 0.15) is 11.0 Å². The summed E-state index contributed by atoms with van der Waals surface area (Å²) in [7, 11) is 4.38. The van der Waals surface area contributed by atoms with Crippen molar-refractivity contribution in [1.82, 2.24) is 14.8 Å². The third kappa shape index (κ3) is 2.71. The van der Waals surface area contributed by atoms with Gasteiger partial charge in [0.2, 0.25) is 0 Å². The lowest BCUT2D eigenvalue weighted by molar-refractivity contribution is 0.115. The Labute approximate surface area is 118 Å². The van der Waals surface area contributed by atoms with Crippen LogP contribution in [0.15, 0.2) is 35.7 Å². The maximum absolute atomic E-state index is 4.84. The van der Waals surface area contributed by atoms with Gasteiger partial charge in [-0.05, 0) is 14.1 Å². The summed E-state index contributed by atoms with van der Waals surface area (Å²) < 4.78 is 0. The minimum absolute atomic E-state index is 0.432. The second-order valence-corrected chi connectivity index (χ2v) is 6.09. The Morgan fingerprint density at radius 1 is 1.16 bits per heavy atom. The standard InChI is InChI=1S/C15H19N3S/c1-17-8-9-18(2)14(10-17)15-16-13(11-19-15)12-6-4-3-5-7-12/h3-7,11,14H,8-10H2,1-2H3. The lowest BCUT2D eigenvalue weighted by Gasteiger charge is -2.36. The van der Waals surface area contributed by atoms with E-state index in [0.29, 0.717) is 6.04 Å². The van der Waals surface area contributed by atoms with Crippen molar-refractivity contribution in [3.8, 4) is 11.3 Å². The maximum Gasteiger partial charge on any atom is 0.112 e. The minimum Gasteiger partial charge on any atom is -0.303 e. The Bertz CT molecular complexity index is 537. The first kappa shape index (κ1) is 12.8. The second kappa shape index (κ2) is 5.41. The minimum atomic E-state index is 0.432. The Hall–Kier alpha value is -1.23. The number of hydrogen-bond acceptors (Lipinski definition) is 4. The van der Waals surface area contributed by atoms with E-state index in [9.17, 15) is 0 Å². The third-order valence-corrected chi connectivity index (χ3v) is 4.67. The number of aromatic nitrogens is 1. The number of thiazole rings is 1. The van der Waals surface area contributed by atoms with Crippen molar-refractivity contribution in [2.45, 2.75) is 6.04 Å². The van der Waals surface area contributed by atoms with Gasteiger partial charge in [0.15, 0.2) is 0 Å². The molecule has 1 aromatic heterocycles. The van der Waals surface area contributed by atoms with E-state index in [1.54, 1.807) is 11.3 Å². The smallest absolute Gasteiger partial charge is 0.112 e. The molecule has 19 heavy (non-hydrogen) atoms. The molecule has 1 saturated heterocycles. The van der Waals surface area contributed by atoms with Gasteiger partial charge in [0.1, 0.15) is 5.01 Å². The molecule has 0 saturated carbocycles. The van der Waals surface area contributed by atoms with Gasteiger partial charge in [-0.25, -0.2) is 4.98 Å². The number of likely N-dealkylation sites (N-methyl/N-ethyl adjacent to an activating group) is 2. The van der Waals surface area contributed by atoms with E-state index in [1.807, 2.05) is 6.07 Å². The summed E-state index contributed by atoms with van der Waals surface area (Å²) >= 11 is 1.78. The molecule has 1 fully saturated rings. The lowest BCUT2D eigenvalue weighted by Crippen LogP contribution is -2.44. The van der Waals surface area contributed by atoms with Crippen LogP contribution in [0.4, 0.5) is 0 Å². The number of piperazine rings is 1. The molecule has 1 atom stereocenters. The van der Waals surface area contributed by atoms with Crippen molar-refractivity contribution in [3.05, 3.63) is 40.7 Å². The zero-order valence-electron chi connectivity index (χ0n) is 11.4. The molecule has 0 spiro atoms. The predicted octanol–water partition coefficient (Wildman–Crippen LogP) is 2.73. The van der Waals surface area contributed by atoms with Crippen molar-refractivity contribution in [1.29, 1.82) is 0 Å². The zero-order chi connectivity index (χ0) is 13.2. The van der Waals surface area contributed by atoms with Gasteiger partial charge in [0.25, 0.3) is 0 Å². The first-order valence-electron chi connectivity index (χ1n) is 6.63. The van der Waals surface area contributed by atoms with Crippen LogP contribution in [0.2, 0.25) is 0 Å². The molecule has 1 aliphatic rings. The van der Waals surface area contributed by atoms with E-state index in [-0.39, 0.29) is 0 Å². The molecule has 1 unspecified atom stereocenters. The summed E-state index contributed by atoms with van der Waals surface area (Å²) in [6.07, 6.45) is 0. The molecule has 0 radical (unpaired) electrons. The molecule has 4 heteroatoms. The van der Waals surface area contributed by atoms with Gasteiger partial charge in [0.05, 0.1) is 11.7 Å². The summed E-state index contributed by atoms with van der Waals surface area (Å²) in [6, 6.07) is 10.8. The van der Waals surface area contributed by atoms with Crippen LogP contribution in [0.25, 0.3) is 11.3 Å². The zero-order valence-corrected chi connectivity index (χ0v) is 12.2. The fraction of sp³-hybridized carbons (Fsp3) is 0.400. The van der Waals surface area contributed by atoms with E-state index in [2.05, 4.69) is 53.5 Å². The van der Waals surface area contributed by atoms with Crippen molar-refractivity contribution in [2.24, 2.45) is 0 Å². The van der Waals surface area contributed by atoms with Crippen LogP contribution in [-0.4, -0.2) is 48.5 Å². The van der Waals surface area contributed by atoms with Crippen molar-refractivity contribution >= 4 is 11.3 Å². The number of rotatable bonds is 2.